The number of nitrogens with zero attached hydrogens (tertiary/aromatic N) is 2. The van der Waals surface area contributed by atoms with E-state index in [2.05, 4.69) is 34.4 Å². The molecule has 0 radical (unpaired) electrons. The van der Waals surface area contributed by atoms with Crippen LogP contribution in [0, 0.1) is 0 Å². The second kappa shape index (κ2) is 10.2. The highest BCUT2D eigenvalue weighted by Crippen LogP contribution is 2.19. The van der Waals surface area contributed by atoms with Gasteiger partial charge in [0.25, 0.3) is 0 Å². The minimum atomic E-state index is 0.147. The van der Waals surface area contributed by atoms with Crippen LogP contribution in [0.3, 0.4) is 0 Å². The lowest BCUT2D eigenvalue weighted by molar-refractivity contribution is 0.0191. The summed E-state index contributed by atoms with van der Waals surface area (Å²) in [6.45, 7) is 10.9. The average molecular weight is 341 g/mol. The van der Waals surface area contributed by atoms with Gasteiger partial charge >= 0.3 is 0 Å². The number of piperidine rings is 1. The number of hydrogen-bond donors (Lipinski definition) is 2. The van der Waals surface area contributed by atoms with Gasteiger partial charge in [0.05, 0.1) is 19.3 Å². The number of hydrogen-bond acceptors (Lipinski definition) is 4. The number of likely N-dealkylation sites (tertiary alicyclic amines) is 1. The minimum absolute atomic E-state index is 0.147. The Labute approximate surface area is 147 Å². The van der Waals surface area contributed by atoms with Gasteiger partial charge in [0.1, 0.15) is 0 Å². The van der Waals surface area contributed by atoms with Crippen molar-refractivity contribution in [1.29, 1.82) is 0 Å². The van der Waals surface area contributed by atoms with Crippen molar-refractivity contribution in [3.63, 3.8) is 0 Å². The zero-order valence-electron chi connectivity index (χ0n) is 15.8. The van der Waals surface area contributed by atoms with Crippen LogP contribution >= 0.6 is 0 Å². The molecule has 0 aromatic rings. The van der Waals surface area contributed by atoms with Gasteiger partial charge in [-0.1, -0.05) is 6.42 Å². The maximum Gasteiger partial charge on any atom is 0.191 e. The summed E-state index contributed by atoms with van der Waals surface area (Å²) in [5.74, 6) is 0.848. The van der Waals surface area contributed by atoms with Crippen LogP contribution in [-0.4, -0.2) is 75.5 Å². The van der Waals surface area contributed by atoms with E-state index in [0.29, 0.717) is 19.3 Å². The zero-order chi connectivity index (χ0) is 17.3. The third-order valence-corrected chi connectivity index (χ3v) is 4.99. The highest BCUT2D eigenvalue weighted by Gasteiger charge is 2.27. The first-order valence-electron chi connectivity index (χ1n) is 9.51. The summed E-state index contributed by atoms with van der Waals surface area (Å²) in [6.07, 6.45) is 6.59. The van der Waals surface area contributed by atoms with Crippen LogP contribution < -0.4 is 10.6 Å². The summed E-state index contributed by atoms with van der Waals surface area (Å²) in [5, 5.41) is 6.78. The van der Waals surface area contributed by atoms with Gasteiger partial charge in [-0.05, 0) is 52.6 Å². The first-order valence-corrected chi connectivity index (χ1v) is 9.51. The minimum Gasteiger partial charge on any atom is -0.377 e. The Kier molecular flexibility index (Phi) is 8.29. The lowest BCUT2D eigenvalue weighted by Crippen LogP contribution is -2.55. The van der Waals surface area contributed by atoms with E-state index in [9.17, 15) is 0 Å². The van der Waals surface area contributed by atoms with Gasteiger partial charge in [-0.2, -0.15) is 0 Å². The number of aliphatic imine (C=N–C) groups is 1. The van der Waals surface area contributed by atoms with E-state index < -0.39 is 0 Å². The average Bonchev–Trinajstić information content (AvgIpc) is 3.11. The molecule has 0 bridgehead atoms. The fourth-order valence-electron chi connectivity index (χ4n) is 3.36. The molecule has 2 heterocycles. The van der Waals surface area contributed by atoms with Crippen LogP contribution in [0.4, 0.5) is 0 Å². The Balaban J connectivity index is 1.59. The summed E-state index contributed by atoms with van der Waals surface area (Å²) >= 11 is 0. The number of nitrogens with one attached hydrogen (secondary N) is 2. The van der Waals surface area contributed by atoms with Gasteiger partial charge in [-0.15, -0.1) is 0 Å². The van der Waals surface area contributed by atoms with Crippen LogP contribution in [0.25, 0.3) is 0 Å². The molecule has 1 atom stereocenters. The van der Waals surface area contributed by atoms with E-state index in [1.165, 1.54) is 32.4 Å². The first kappa shape index (κ1) is 19.5. The third-order valence-electron chi connectivity index (χ3n) is 4.99. The summed E-state index contributed by atoms with van der Waals surface area (Å²) in [5.41, 5.74) is 0.147. The number of ether oxygens (including phenoxy) is 2. The molecule has 0 aliphatic carbocycles. The maximum absolute atomic E-state index is 5.67. The van der Waals surface area contributed by atoms with Gasteiger partial charge in [0, 0.05) is 32.3 Å². The number of rotatable bonds is 8. The molecule has 6 heteroatoms. The summed E-state index contributed by atoms with van der Waals surface area (Å²) in [6, 6.07) is 0. The fourth-order valence-corrected chi connectivity index (χ4v) is 3.36. The van der Waals surface area contributed by atoms with Crippen LogP contribution in [0.1, 0.15) is 46.0 Å². The van der Waals surface area contributed by atoms with Crippen molar-refractivity contribution in [3.8, 4) is 0 Å². The summed E-state index contributed by atoms with van der Waals surface area (Å²) < 4.78 is 11.2. The lowest BCUT2D eigenvalue weighted by Gasteiger charge is -2.41. The highest BCUT2D eigenvalue weighted by molar-refractivity contribution is 5.79. The molecule has 2 aliphatic heterocycles. The molecule has 2 aliphatic rings. The summed E-state index contributed by atoms with van der Waals surface area (Å²) in [4.78, 5) is 6.89. The van der Waals surface area contributed by atoms with Crippen molar-refractivity contribution in [3.05, 3.63) is 0 Å². The second-order valence-corrected chi connectivity index (χ2v) is 7.42. The van der Waals surface area contributed by atoms with Gasteiger partial charge in [0.2, 0.25) is 0 Å². The van der Waals surface area contributed by atoms with Crippen LogP contribution in [-0.2, 0) is 9.47 Å². The predicted octanol–water partition coefficient (Wildman–Crippen LogP) is 1.61. The fraction of sp³-hybridized carbons (Fsp3) is 0.944. The second-order valence-electron chi connectivity index (χ2n) is 7.42. The van der Waals surface area contributed by atoms with E-state index >= 15 is 0 Å². The Morgan fingerprint density at radius 2 is 2.00 bits per heavy atom. The van der Waals surface area contributed by atoms with Crippen LogP contribution in [0.15, 0.2) is 4.99 Å². The van der Waals surface area contributed by atoms with Crippen molar-refractivity contribution in [2.45, 2.75) is 57.6 Å². The van der Waals surface area contributed by atoms with Crippen molar-refractivity contribution in [1.82, 2.24) is 15.5 Å². The smallest absolute Gasteiger partial charge is 0.191 e. The highest BCUT2D eigenvalue weighted by atomic mass is 16.5. The topological polar surface area (TPSA) is 58.1 Å². The molecule has 0 aromatic carbocycles. The van der Waals surface area contributed by atoms with Crippen LogP contribution in [0.2, 0.25) is 0 Å². The Morgan fingerprint density at radius 1 is 1.21 bits per heavy atom. The largest absolute Gasteiger partial charge is 0.377 e. The molecule has 2 fully saturated rings. The van der Waals surface area contributed by atoms with E-state index in [-0.39, 0.29) is 5.54 Å². The molecule has 6 nitrogen and oxygen atoms in total. The molecular formula is C18H36N4O2. The maximum atomic E-state index is 5.67. The molecule has 0 amide bonds. The monoisotopic (exact) mass is 340 g/mol. The molecular weight excluding hydrogens is 304 g/mol. The molecule has 140 valence electrons. The van der Waals surface area contributed by atoms with E-state index in [1.54, 1.807) is 0 Å². The zero-order valence-corrected chi connectivity index (χ0v) is 15.8. The van der Waals surface area contributed by atoms with Crippen LogP contribution in [0.5, 0.6) is 0 Å². The Bertz CT molecular complexity index is 375. The van der Waals surface area contributed by atoms with E-state index in [0.717, 1.165) is 38.5 Å². The van der Waals surface area contributed by atoms with Crippen molar-refractivity contribution in [2.24, 2.45) is 4.99 Å². The van der Waals surface area contributed by atoms with Crippen molar-refractivity contribution in [2.75, 3.05) is 53.0 Å². The molecule has 24 heavy (non-hydrogen) atoms. The van der Waals surface area contributed by atoms with Gasteiger partial charge in [0.15, 0.2) is 5.96 Å². The SMILES string of the molecule is CN=C(NCCOCC1CCCO1)NCC(C)(C)N1CCCCC1. The van der Waals surface area contributed by atoms with E-state index in [1.807, 2.05) is 7.05 Å². The van der Waals surface area contributed by atoms with E-state index in [4.69, 9.17) is 9.47 Å². The van der Waals surface area contributed by atoms with Gasteiger partial charge in [-0.25, -0.2) is 0 Å². The molecule has 2 saturated heterocycles. The molecule has 0 saturated carbocycles. The normalized spacial score (nSPS) is 23.5. The Hall–Kier alpha value is -0.850. The molecule has 2 rings (SSSR count). The predicted molar refractivity (Wildman–Crippen MR) is 98.7 cm³/mol. The summed E-state index contributed by atoms with van der Waals surface area (Å²) in [7, 11) is 1.82. The van der Waals surface area contributed by atoms with Crippen molar-refractivity contribution < 1.29 is 9.47 Å². The van der Waals surface area contributed by atoms with Gasteiger partial charge < -0.3 is 20.1 Å². The number of guanidine groups is 1. The standard InChI is InChI=1S/C18H36N4O2/c1-18(2,22-10-5-4-6-11-22)15-21-17(19-3)20-9-13-23-14-16-8-7-12-24-16/h16H,4-15H2,1-3H3,(H2,19,20,21). The molecule has 0 spiro atoms. The Morgan fingerprint density at radius 3 is 2.67 bits per heavy atom. The molecule has 1 unspecified atom stereocenters. The van der Waals surface area contributed by atoms with Crippen molar-refractivity contribution >= 4 is 5.96 Å². The molecule has 0 aromatic heterocycles. The molecule has 2 N–H and O–H groups in total. The quantitative estimate of drug-likeness (QED) is 0.399. The first-order chi connectivity index (χ1) is 11.6. The third kappa shape index (κ3) is 6.57. The van der Waals surface area contributed by atoms with Gasteiger partial charge in [-0.3, -0.25) is 9.89 Å². The lowest BCUT2D eigenvalue weighted by atomic mass is 9.98.